The standard InChI is InChI=1S/C13H12N4/c1-9-10(2)17-13(16-9)12(5-8-15-17)11-3-6-14-7-4-11/h3-8H,1-2H3. The summed E-state index contributed by atoms with van der Waals surface area (Å²) in [7, 11) is 0. The SMILES string of the molecule is Cc1nc2c(-c3ccncc3)ccnn2c1C. The zero-order valence-corrected chi connectivity index (χ0v) is 9.75. The fourth-order valence-corrected chi connectivity index (χ4v) is 1.92. The maximum absolute atomic E-state index is 4.57. The molecule has 0 saturated carbocycles. The van der Waals surface area contributed by atoms with Crippen LogP contribution in [0.4, 0.5) is 0 Å². The topological polar surface area (TPSA) is 43.1 Å². The fourth-order valence-electron chi connectivity index (χ4n) is 1.92. The van der Waals surface area contributed by atoms with Gasteiger partial charge in [-0.2, -0.15) is 5.10 Å². The maximum Gasteiger partial charge on any atom is 0.161 e. The van der Waals surface area contributed by atoms with E-state index in [1.165, 1.54) is 0 Å². The Morgan fingerprint density at radius 1 is 1.00 bits per heavy atom. The summed E-state index contributed by atoms with van der Waals surface area (Å²) in [6.07, 6.45) is 5.38. The van der Waals surface area contributed by atoms with E-state index in [0.29, 0.717) is 0 Å². The predicted octanol–water partition coefficient (Wildman–Crippen LogP) is 2.41. The van der Waals surface area contributed by atoms with Gasteiger partial charge in [0.1, 0.15) is 0 Å². The molecule has 0 aliphatic carbocycles. The van der Waals surface area contributed by atoms with E-state index in [1.807, 2.05) is 36.6 Å². The van der Waals surface area contributed by atoms with Crippen LogP contribution >= 0.6 is 0 Å². The summed E-state index contributed by atoms with van der Waals surface area (Å²) in [5.41, 5.74) is 5.18. The Bertz CT molecular complexity index is 670. The van der Waals surface area contributed by atoms with E-state index in [-0.39, 0.29) is 0 Å². The molecule has 0 saturated heterocycles. The van der Waals surface area contributed by atoms with Gasteiger partial charge in [-0.15, -0.1) is 0 Å². The van der Waals surface area contributed by atoms with Gasteiger partial charge in [0, 0.05) is 24.2 Å². The summed E-state index contributed by atoms with van der Waals surface area (Å²) in [5.74, 6) is 0. The van der Waals surface area contributed by atoms with Crippen molar-refractivity contribution in [2.75, 3.05) is 0 Å². The number of fused-ring (bicyclic) bond motifs is 1. The quantitative estimate of drug-likeness (QED) is 0.637. The first kappa shape index (κ1) is 9.96. The second-order valence-electron chi connectivity index (χ2n) is 4.00. The van der Waals surface area contributed by atoms with Gasteiger partial charge in [0.15, 0.2) is 5.65 Å². The van der Waals surface area contributed by atoms with Gasteiger partial charge in [0.05, 0.1) is 11.4 Å². The molecule has 84 valence electrons. The highest BCUT2D eigenvalue weighted by Gasteiger charge is 2.10. The minimum absolute atomic E-state index is 0.897. The lowest BCUT2D eigenvalue weighted by atomic mass is 10.1. The van der Waals surface area contributed by atoms with Crippen molar-refractivity contribution < 1.29 is 0 Å². The molecule has 3 heterocycles. The van der Waals surface area contributed by atoms with Gasteiger partial charge in [-0.25, -0.2) is 9.50 Å². The molecule has 0 spiro atoms. The minimum atomic E-state index is 0.897. The Balaban J connectivity index is 2.35. The monoisotopic (exact) mass is 224 g/mol. The number of aryl methyl sites for hydroxylation is 2. The predicted molar refractivity (Wildman–Crippen MR) is 65.7 cm³/mol. The fraction of sp³-hybridized carbons (Fsp3) is 0.154. The van der Waals surface area contributed by atoms with Crippen LogP contribution in [0.25, 0.3) is 16.8 Å². The smallest absolute Gasteiger partial charge is 0.161 e. The van der Waals surface area contributed by atoms with Gasteiger partial charge in [-0.1, -0.05) is 0 Å². The van der Waals surface area contributed by atoms with Crippen molar-refractivity contribution in [1.29, 1.82) is 0 Å². The van der Waals surface area contributed by atoms with Crippen molar-refractivity contribution in [1.82, 2.24) is 19.6 Å². The van der Waals surface area contributed by atoms with Crippen LogP contribution in [-0.2, 0) is 0 Å². The summed E-state index contributed by atoms with van der Waals surface area (Å²) < 4.78 is 1.88. The van der Waals surface area contributed by atoms with Gasteiger partial charge in [0.25, 0.3) is 0 Å². The highest BCUT2D eigenvalue weighted by molar-refractivity contribution is 5.77. The van der Waals surface area contributed by atoms with E-state index < -0.39 is 0 Å². The molecule has 4 heteroatoms. The van der Waals surface area contributed by atoms with Crippen molar-refractivity contribution in [2.45, 2.75) is 13.8 Å². The number of pyridine rings is 1. The third-order valence-electron chi connectivity index (χ3n) is 2.97. The molecule has 4 nitrogen and oxygen atoms in total. The van der Waals surface area contributed by atoms with E-state index in [9.17, 15) is 0 Å². The van der Waals surface area contributed by atoms with Gasteiger partial charge in [0.2, 0.25) is 0 Å². The Morgan fingerprint density at radius 3 is 2.53 bits per heavy atom. The molecule has 0 unspecified atom stereocenters. The molecule has 0 fully saturated rings. The van der Waals surface area contributed by atoms with Crippen LogP contribution in [0, 0.1) is 13.8 Å². The van der Waals surface area contributed by atoms with Gasteiger partial charge in [-0.3, -0.25) is 4.98 Å². The number of rotatable bonds is 1. The summed E-state index contributed by atoms with van der Waals surface area (Å²) in [6.45, 7) is 4.03. The lowest BCUT2D eigenvalue weighted by Crippen LogP contribution is -1.95. The molecule has 3 aromatic heterocycles. The number of nitrogens with zero attached hydrogens (tertiary/aromatic N) is 4. The molecule has 0 atom stereocenters. The van der Waals surface area contributed by atoms with Crippen LogP contribution < -0.4 is 0 Å². The molecular formula is C13H12N4. The summed E-state index contributed by atoms with van der Waals surface area (Å²) in [5, 5.41) is 4.33. The molecule has 0 amide bonds. The van der Waals surface area contributed by atoms with E-state index in [1.54, 1.807) is 18.6 Å². The summed E-state index contributed by atoms with van der Waals surface area (Å²) >= 11 is 0. The highest BCUT2D eigenvalue weighted by Crippen LogP contribution is 2.23. The van der Waals surface area contributed by atoms with Crippen LogP contribution in [0.5, 0.6) is 0 Å². The second kappa shape index (κ2) is 3.66. The summed E-state index contributed by atoms with van der Waals surface area (Å²) in [6, 6.07) is 5.94. The van der Waals surface area contributed by atoms with Crippen LogP contribution in [0.15, 0.2) is 36.8 Å². The zero-order chi connectivity index (χ0) is 11.8. The molecule has 0 N–H and O–H groups in total. The lowest BCUT2D eigenvalue weighted by Gasteiger charge is -2.02. The number of hydrogen-bond acceptors (Lipinski definition) is 3. The molecule has 0 aliphatic rings. The molecule has 0 aliphatic heterocycles. The molecule has 0 bridgehead atoms. The van der Waals surface area contributed by atoms with Crippen LogP contribution in [-0.4, -0.2) is 19.6 Å². The zero-order valence-electron chi connectivity index (χ0n) is 9.75. The molecule has 0 aromatic carbocycles. The second-order valence-corrected chi connectivity index (χ2v) is 4.00. The Morgan fingerprint density at radius 2 is 1.76 bits per heavy atom. The normalized spacial score (nSPS) is 10.9. The van der Waals surface area contributed by atoms with Crippen molar-refractivity contribution >= 4 is 5.65 Å². The first-order chi connectivity index (χ1) is 8.27. The molecule has 3 rings (SSSR count). The van der Waals surface area contributed by atoms with Crippen molar-refractivity contribution in [2.24, 2.45) is 0 Å². The number of imidazole rings is 1. The molecule has 17 heavy (non-hydrogen) atoms. The van der Waals surface area contributed by atoms with E-state index >= 15 is 0 Å². The maximum atomic E-state index is 4.57. The third-order valence-corrected chi connectivity index (χ3v) is 2.97. The molecule has 3 aromatic rings. The van der Waals surface area contributed by atoms with Crippen LogP contribution in [0.2, 0.25) is 0 Å². The van der Waals surface area contributed by atoms with Crippen molar-refractivity contribution in [3.63, 3.8) is 0 Å². The number of aromatic nitrogens is 4. The average molecular weight is 224 g/mol. The largest absolute Gasteiger partial charge is 0.265 e. The Kier molecular flexibility index (Phi) is 2.14. The average Bonchev–Trinajstić information content (AvgIpc) is 2.67. The van der Waals surface area contributed by atoms with Crippen LogP contribution in [0.1, 0.15) is 11.4 Å². The minimum Gasteiger partial charge on any atom is -0.265 e. The van der Waals surface area contributed by atoms with Gasteiger partial charge < -0.3 is 0 Å². The van der Waals surface area contributed by atoms with E-state index in [2.05, 4.69) is 15.1 Å². The Hall–Kier alpha value is -2.23. The molecule has 0 radical (unpaired) electrons. The third kappa shape index (κ3) is 1.49. The first-order valence-corrected chi connectivity index (χ1v) is 5.49. The van der Waals surface area contributed by atoms with E-state index in [4.69, 9.17) is 0 Å². The van der Waals surface area contributed by atoms with E-state index in [0.717, 1.165) is 28.2 Å². The van der Waals surface area contributed by atoms with Crippen LogP contribution in [0.3, 0.4) is 0 Å². The van der Waals surface area contributed by atoms with Gasteiger partial charge in [-0.05, 0) is 37.6 Å². The lowest BCUT2D eigenvalue weighted by molar-refractivity contribution is 0.896. The first-order valence-electron chi connectivity index (χ1n) is 5.49. The highest BCUT2D eigenvalue weighted by atomic mass is 15.3. The molecular weight excluding hydrogens is 212 g/mol. The Labute approximate surface area is 99.0 Å². The van der Waals surface area contributed by atoms with Crippen molar-refractivity contribution in [3.8, 4) is 11.1 Å². The summed E-state index contributed by atoms with van der Waals surface area (Å²) in [4.78, 5) is 8.60. The number of hydrogen-bond donors (Lipinski definition) is 0. The van der Waals surface area contributed by atoms with Gasteiger partial charge >= 0.3 is 0 Å². The van der Waals surface area contributed by atoms with Crippen molar-refractivity contribution in [3.05, 3.63) is 48.2 Å².